The molecular weight excluding hydrogens is 246 g/mol. The molecule has 82 valence electrons. The van der Waals surface area contributed by atoms with Crippen molar-refractivity contribution in [2.75, 3.05) is 12.3 Å². The Morgan fingerprint density at radius 1 is 1.73 bits per heavy atom. The zero-order valence-corrected chi connectivity index (χ0v) is 8.71. The second-order valence-electron chi connectivity index (χ2n) is 2.03. The van der Waals surface area contributed by atoms with Gasteiger partial charge in [-0.3, -0.25) is 9.52 Å². The fraction of sp³-hybridized carbons (Fsp3) is 0.250. The summed E-state index contributed by atoms with van der Waals surface area (Å²) in [5.41, 5.74) is 5.29. The Morgan fingerprint density at radius 2 is 2.47 bits per heavy atom. The minimum Gasteiger partial charge on any atom is -0.374 e. The highest BCUT2D eigenvalue weighted by molar-refractivity contribution is 7.99. The summed E-state index contributed by atoms with van der Waals surface area (Å²) in [5.74, 6) is -0.648. The molecule has 0 aromatic carbocycles. The maximum atomic E-state index is 10.9. The Hall–Kier alpha value is -1.62. The summed E-state index contributed by atoms with van der Waals surface area (Å²) in [7, 11) is 0. The second kappa shape index (κ2) is 5.31. The molecule has 0 radical (unpaired) electrons. The molecular formula is C4H5N5O4S2. The molecule has 9 nitrogen and oxygen atoms in total. The average Bonchev–Trinajstić information content (AvgIpc) is 2.58. The van der Waals surface area contributed by atoms with E-state index in [0.717, 1.165) is 23.3 Å². The summed E-state index contributed by atoms with van der Waals surface area (Å²) in [6.45, 7) is -0.658. The largest absolute Gasteiger partial charge is 0.374 e. The molecule has 0 saturated heterocycles. The molecule has 0 spiro atoms. The maximum Gasteiger partial charge on any atom is 0.295 e. The molecule has 3 N–H and O–H groups in total. The molecule has 0 aliphatic heterocycles. The number of nitrogens with one attached hydrogen (secondary N) is 1. The van der Waals surface area contributed by atoms with E-state index in [-0.39, 0.29) is 5.13 Å². The van der Waals surface area contributed by atoms with Gasteiger partial charge in [-0.1, -0.05) is 11.3 Å². The monoisotopic (exact) mass is 251 g/mol. The number of carbonyl (C=O) groups is 1. The van der Waals surface area contributed by atoms with Gasteiger partial charge in [0.1, 0.15) is 0 Å². The van der Waals surface area contributed by atoms with E-state index in [4.69, 9.17) is 5.73 Å². The van der Waals surface area contributed by atoms with E-state index in [1.54, 1.807) is 0 Å². The highest BCUT2D eigenvalue weighted by Gasteiger charge is 2.07. The van der Waals surface area contributed by atoms with Gasteiger partial charge in [-0.2, -0.15) is 0 Å². The molecule has 0 aliphatic carbocycles. The fourth-order valence-corrected chi connectivity index (χ4v) is 1.73. The van der Waals surface area contributed by atoms with Crippen LogP contribution in [-0.2, 0) is 9.63 Å². The van der Waals surface area contributed by atoms with Gasteiger partial charge in [-0.25, -0.2) is 0 Å². The van der Waals surface area contributed by atoms with Crippen molar-refractivity contribution in [3.8, 4) is 0 Å². The highest BCUT2D eigenvalue weighted by Crippen LogP contribution is 2.20. The van der Waals surface area contributed by atoms with Crippen molar-refractivity contribution < 1.29 is 14.7 Å². The smallest absolute Gasteiger partial charge is 0.295 e. The standard InChI is InChI=1S/C4H5N5O4S2/c5-3-6-7-4(14-3)15-8-2(10)1-13-9(11)12/h1H2,(H2,5,6)(H,8,10). The van der Waals surface area contributed by atoms with E-state index in [0.29, 0.717) is 4.34 Å². The van der Waals surface area contributed by atoms with Crippen LogP contribution in [-0.4, -0.2) is 27.8 Å². The van der Waals surface area contributed by atoms with Crippen LogP contribution in [0.3, 0.4) is 0 Å². The lowest BCUT2D eigenvalue weighted by Crippen LogP contribution is -2.23. The SMILES string of the molecule is Nc1nnc(SNC(=O)CO[N+](=O)[O-])s1. The summed E-state index contributed by atoms with van der Waals surface area (Å²) in [5, 5.41) is 16.1. The average molecular weight is 251 g/mol. The minimum absolute atomic E-state index is 0.272. The number of hydrogen-bond donors (Lipinski definition) is 2. The molecule has 0 saturated carbocycles. The van der Waals surface area contributed by atoms with Gasteiger partial charge in [0, 0.05) is 11.9 Å². The van der Waals surface area contributed by atoms with Gasteiger partial charge in [0.15, 0.2) is 10.9 Å². The Morgan fingerprint density at radius 3 is 3.00 bits per heavy atom. The van der Waals surface area contributed by atoms with Crippen molar-refractivity contribution in [1.82, 2.24) is 14.9 Å². The van der Waals surface area contributed by atoms with E-state index in [2.05, 4.69) is 19.8 Å². The molecule has 1 amide bonds. The summed E-state index contributed by atoms with van der Waals surface area (Å²) in [6.07, 6.45) is 0. The lowest BCUT2D eigenvalue weighted by atomic mass is 10.7. The Balaban J connectivity index is 2.25. The van der Waals surface area contributed by atoms with Crippen LogP contribution < -0.4 is 10.5 Å². The molecule has 15 heavy (non-hydrogen) atoms. The van der Waals surface area contributed by atoms with Crippen molar-refractivity contribution in [2.45, 2.75) is 4.34 Å². The predicted octanol–water partition coefficient (Wildman–Crippen LogP) is -0.548. The van der Waals surface area contributed by atoms with Crippen molar-refractivity contribution in [3.05, 3.63) is 10.1 Å². The first kappa shape index (κ1) is 11.5. The number of rotatable bonds is 5. The predicted molar refractivity (Wildman–Crippen MR) is 51.3 cm³/mol. The van der Waals surface area contributed by atoms with Gasteiger partial charge in [0.25, 0.3) is 11.0 Å². The van der Waals surface area contributed by atoms with Crippen LogP contribution in [0.25, 0.3) is 0 Å². The van der Waals surface area contributed by atoms with Crippen LogP contribution in [0, 0.1) is 10.1 Å². The van der Waals surface area contributed by atoms with Gasteiger partial charge in [-0.15, -0.1) is 20.3 Å². The third kappa shape index (κ3) is 4.42. The normalized spacial score (nSPS) is 9.60. The van der Waals surface area contributed by atoms with E-state index in [1.165, 1.54) is 0 Å². The lowest BCUT2D eigenvalue weighted by molar-refractivity contribution is -0.754. The van der Waals surface area contributed by atoms with E-state index >= 15 is 0 Å². The highest BCUT2D eigenvalue weighted by atomic mass is 32.2. The Labute approximate surface area is 91.2 Å². The van der Waals surface area contributed by atoms with Crippen LogP contribution >= 0.6 is 23.3 Å². The van der Waals surface area contributed by atoms with Crippen molar-refractivity contribution in [3.63, 3.8) is 0 Å². The number of amides is 1. The summed E-state index contributed by atoms with van der Waals surface area (Å²) >= 11 is 1.95. The number of nitrogens with zero attached hydrogens (tertiary/aromatic N) is 3. The summed E-state index contributed by atoms with van der Waals surface area (Å²) in [6, 6.07) is 0. The summed E-state index contributed by atoms with van der Waals surface area (Å²) < 4.78 is 2.70. The third-order valence-electron chi connectivity index (χ3n) is 0.975. The fourth-order valence-electron chi connectivity index (χ4n) is 0.503. The molecule has 0 fully saturated rings. The molecule has 11 heteroatoms. The van der Waals surface area contributed by atoms with Gasteiger partial charge >= 0.3 is 0 Å². The number of nitrogen functional groups attached to an aromatic ring is 1. The van der Waals surface area contributed by atoms with Gasteiger partial charge < -0.3 is 10.6 Å². The van der Waals surface area contributed by atoms with E-state index in [9.17, 15) is 14.9 Å². The number of anilines is 1. The van der Waals surface area contributed by atoms with Crippen LogP contribution in [0.1, 0.15) is 0 Å². The topological polar surface area (TPSA) is 133 Å². The first-order valence-electron chi connectivity index (χ1n) is 3.40. The van der Waals surface area contributed by atoms with Crippen molar-refractivity contribution >= 4 is 34.3 Å². The first-order chi connectivity index (χ1) is 7.08. The maximum absolute atomic E-state index is 10.9. The van der Waals surface area contributed by atoms with Gasteiger partial charge in [0.05, 0.1) is 0 Å². The van der Waals surface area contributed by atoms with E-state index < -0.39 is 17.6 Å². The van der Waals surface area contributed by atoms with Crippen LogP contribution in [0.15, 0.2) is 4.34 Å². The number of carbonyl (C=O) groups excluding carboxylic acids is 1. The number of aromatic nitrogens is 2. The third-order valence-corrected chi connectivity index (χ3v) is 2.61. The molecule has 0 bridgehead atoms. The van der Waals surface area contributed by atoms with Crippen molar-refractivity contribution in [1.29, 1.82) is 0 Å². The van der Waals surface area contributed by atoms with Crippen LogP contribution in [0.5, 0.6) is 0 Å². The molecule has 0 aliphatic rings. The minimum atomic E-state index is -1.05. The molecule has 1 aromatic rings. The summed E-state index contributed by atoms with van der Waals surface area (Å²) in [4.78, 5) is 24.5. The molecule has 1 aromatic heterocycles. The Bertz CT molecular complexity index is 368. The zero-order chi connectivity index (χ0) is 11.3. The zero-order valence-electron chi connectivity index (χ0n) is 7.08. The molecule has 1 heterocycles. The van der Waals surface area contributed by atoms with Crippen LogP contribution in [0.4, 0.5) is 5.13 Å². The lowest BCUT2D eigenvalue weighted by Gasteiger charge is -1.99. The number of nitrogens with two attached hydrogens (primary N) is 1. The molecule has 0 atom stereocenters. The first-order valence-corrected chi connectivity index (χ1v) is 5.03. The molecule has 0 unspecified atom stereocenters. The number of hydrogen-bond acceptors (Lipinski definition) is 9. The second-order valence-corrected chi connectivity index (χ2v) is 4.09. The Kier molecular flexibility index (Phi) is 4.05. The van der Waals surface area contributed by atoms with Crippen LogP contribution in [0.2, 0.25) is 0 Å². The van der Waals surface area contributed by atoms with Gasteiger partial charge in [0.2, 0.25) is 5.13 Å². The van der Waals surface area contributed by atoms with Gasteiger partial charge in [-0.05, 0) is 0 Å². The van der Waals surface area contributed by atoms with Crippen molar-refractivity contribution in [2.24, 2.45) is 0 Å². The quantitative estimate of drug-likeness (QED) is 0.404. The molecule has 1 rings (SSSR count). The van der Waals surface area contributed by atoms with E-state index in [1.807, 2.05) is 0 Å².